The van der Waals surface area contributed by atoms with Crippen LogP contribution >= 0.6 is 0 Å². The van der Waals surface area contributed by atoms with E-state index in [2.05, 4.69) is 51.2 Å². The van der Waals surface area contributed by atoms with Crippen molar-refractivity contribution in [1.29, 1.82) is 0 Å². The maximum absolute atomic E-state index is 16.3. The number of nitrogens with two attached hydrogens (primary N) is 1. The first-order valence-corrected chi connectivity index (χ1v) is 22.6. The molecule has 4 aliphatic rings. The lowest BCUT2D eigenvalue weighted by Crippen LogP contribution is -2.52. The van der Waals surface area contributed by atoms with Gasteiger partial charge in [0.15, 0.2) is 6.10 Å². The number of aryl methyl sites for hydroxylation is 1. The summed E-state index contributed by atoms with van der Waals surface area (Å²) in [4.78, 5) is 58.8. The number of rotatable bonds is 9. The molecule has 0 bridgehead atoms. The summed E-state index contributed by atoms with van der Waals surface area (Å²) in [7, 11) is 1.83. The molecule has 330 valence electrons. The van der Waals surface area contributed by atoms with Crippen LogP contribution in [-0.4, -0.2) is 103 Å². The highest BCUT2D eigenvalue weighted by atomic mass is 19.1. The fourth-order valence-corrected chi connectivity index (χ4v) is 9.67. The lowest BCUT2D eigenvalue weighted by Gasteiger charge is -2.42. The van der Waals surface area contributed by atoms with Crippen LogP contribution in [0.3, 0.4) is 0 Å². The van der Waals surface area contributed by atoms with Gasteiger partial charge in [-0.2, -0.15) is 0 Å². The second kappa shape index (κ2) is 18.8. The summed E-state index contributed by atoms with van der Waals surface area (Å²) in [6.07, 6.45) is 3.93. The SMILES string of the molecule is Cc1ccc(N)cc1C(=O)N(C)[C@H](C)c1ccc(C#CC2CCN(CC3(F)CCN(C(=O)C4CCN(c5ccc(OC6CCC(=O)NC6=O)cc5)CC4)CC3)CC2)c2ccccc12. The van der Waals surface area contributed by atoms with E-state index in [4.69, 9.17) is 10.5 Å². The van der Waals surface area contributed by atoms with Gasteiger partial charge in [-0.3, -0.25) is 24.5 Å². The number of carbonyl (C=O) groups is 4. The van der Waals surface area contributed by atoms with Crippen molar-refractivity contribution in [3.63, 3.8) is 0 Å². The largest absolute Gasteiger partial charge is 0.481 e. The fraction of sp³-hybridized carbons (Fsp3) is 0.451. The maximum Gasteiger partial charge on any atom is 0.267 e. The fourth-order valence-electron chi connectivity index (χ4n) is 9.67. The van der Waals surface area contributed by atoms with Crippen LogP contribution in [0.15, 0.2) is 78.9 Å². The number of ether oxygens (including phenoxy) is 1. The van der Waals surface area contributed by atoms with Crippen LogP contribution < -0.4 is 20.7 Å². The average molecular weight is 855 g/mol. The molecule has 1 unspecified atom stereocenters. The first kappa shape index (κ1) is 43.7. The van der Waals surface area contributed by atoms with Crippen molar-refractivity contribution in [2.24, 2.45) is 11.8 Å². The quantitative estimate of drug-likeness (QED) is 0.104. The Morgan fingerprint density at radius 3 is 2.30 bits per heavy atom. The molecular weight excluding hydrogens is 796 g/mol. The average Bonchev–Trinajstić information content (AvgIpc) is 3.30. The van der Waals surface area contributed by atoms with Crippen molar-refractivity contribution in [3.05, 3.63) is 101 Å². The molecule has 0 radical (unpaired) electrons. The zero-order valence-corrected chi connectivity index (χ0v) is 36.7. The monoisotopic (exact) mass is 854 g/mol. The molecule has 4 fully saturated rings. The smallest absolute Gasteiger partial charge is 0.267 e. The van der Waals surface area contributed by atoms with Crippen molar-refractivity contribution < 1.29 is 28.3 Å². The lowest BCUT2D eigenvalue weighted by atomic mass is 9.88. The molecule has 0 saturated carbocycles. The van der Waals surface area contributed by atoms with Gasteiger partial charge < -0.3 is 30.1 Å². The van der Waals surface area contributed by atoms with E-state index in [0.29, 0.717) is 55.9 Å². The Morgan fingerprint density at radius 2 is 1.60 bits per heavy atom. The molecule has 4 aromatic carbocycles. The summed E-state index contributed by atoms with van der Waals surface area (Å²) in [5.74, 6) is 7.17. The van der Waals surface area contributed by atoms with Crippen LogP contribution in [-0.2, 0) is 14.4 Å². The van der Waals surface area contributed by atoms with E-state index in [1.807, 2.05) is 74.3 Å². The number of benzene rings is 4. The number of hydrogen-bond donors (Lipinski definition) is 2. The summed E-state index contributed by atoms with van der Waals surface area (Å²) in [6.45, 7) is 8.36. The first-order valence-electron chi connectivity index (χ1n) is 22.6. The Balaban J connectivity index is 0.784. The number of halogens is 1. The van der Waals surface area contributed by atoms with E-state index in [0.717, 1.165) is 85.0 Å². The van der Waals surface area contributed by atoms with E-state index >= 15 is 4.39 Å². The second-order valence-electron chi connectivity index (χ2n) is 18.0. The van der Waals surface area contributed by atoms with E-state index < -0.39 is 17.7 Å². The number of anilines is 2. The minimum Gasteiger partial charge on any atom is -0.481 e. The molecule has 0 aromatic heterocycles. The number of imide groups is 1. The minimum absolute atomic E-state index is 0.0644. The van der Waals surface area contributed by atoms with Crippen molar-refractivity contribution in [2.75, 3.05) is 63.5 Å². The molecule has 12 heteroatoms. The van der Waals surface area contributed by atoms with E-state index in [-0.39, 0.29) is 42.0 Å². The molecule has 0 aliphatic carbocycles. The number of piperidine rings is 4. The van der Waals surface area contributed by atoms with Gasteiger partial charge in [-0.1, -0.05) is 48.2 Å². The second-order valence-corrected chi connectivity index (χ2v) is 18.0. The van der Waals surface area contributed by atoms with Crippen molar-refractivity contribution >= 4 is 45.8 Å². The number of carbonyl (C=O) groups excluding carboxylic acids is 4. The predicted molar refractivity (Wildman–Crippen MR) is 244 cm³/mol. The Morgan fingerprint density at radius 1 is 0.905 bits per heavy atom. The highest BCUT2D eigenvalue weighted by molar-refractivity contribution is 6.00. The molecule has 63 heavy (non-hydrogen) atoms. The molecular formula is C51H59FN6O5. The molecule has 3 N–H and O–H groups in total. The third kappa shape index (κ3) is 9.99. The van der Waals surface area contributed by atoms with Crippen LogP contribution in [0.4, 0.5) is 15.8 Å². The van der Waals surface area contributed by atoms with Crippen molar-refractivity contribution in [2.45, 2.75) is 83.0 Å². The van der Waals surface area contributed by atoms with E-state index in [1.165, 1.54) is 0 Å². The zero-order valence-electron chi connectivity index (χ0n) is 36.7. The van der Waals surface area contributed by atoms with Crippen molar-refractivity contribution in [3.8, 4) is 17.6 Å². The summed E-state index contributed by atoms with van der Waals surface area (Å²) in [6, 6.07) is 25.3. The molecule has 4 heterocycles. The molecule has 2 atom stereocenters. The molecule has 4 aliphatic heterocycles. The number of hydrogen-bond acceptors (Lipinski definition) is 8. The van der Waals surface area contributed by atoms with Gasteiger partial charge >= 0.3 is 0 Å². The van der Waals surface area contributed by atoms with Gasteiger partial charge in [-0.15, -0.1) is 0 Å². The standard InChI is InChI=1S/C51H59FN6O5/c1-34-8-12-39(53)32-45(34)50(62)55(3)35(2)42-17-11-37(43-6-4-5-7-44(42)43)10-9-36-20-26-56(27-21-36)33-51(52)24-30-58(31-25-51)49(61)38-22-28-57(29-23-38)40-13-15-41(16-14-40)63-46-18-19-47(59)54-48(46)60/h4-8,11-17,32,35-36,38,46H,18-31,33,53H2,1-3H3,(H,54,59,60)/t35-,46?/m1/s1. The highest BCUT2D eigenvalue weighted by Gasteiger charge is 2.40. The number of nitrogens with one attached hydrogen (secondary N) is 1. The molecule has 8 rings (SSSR count). The van der Waals surface area contributed by atoms with Crippen LogP contribution in [0.2, 0.25) is 0 Å². The summed E-state index contributed by atoms with van der Waals surface area (Å²) < 4.78 is 22.1. The Bertz CT molecular complexity index is 2400. The topological polar surface area (TPSA) is 129 Å². The first-order chi connectivity index (χ1) is 30.3. The Hall–Kier alpha value is -5.93. The number of nitrogens with zero attached hydrogens (tertiary/aromatic N) is 4. The van der Waals surface area contributed by atoms with Gasteiger partial charge in [-0.05, 0) is 117 Å². The van der Waals surface area contributed by atoms with Crippen LogP contribution in [0, 0.1) is 30.6 Å². The number of fused-ring (bicyclic) bond motifs is 1. The van der Waals surface area contributed by atoms with Gasteiger partial charge in [0.05, 0.1) is 6.04 Å². The Labute approximate surface area is 370 Å². The van der Waals surface area contributed by atoms with Gasteiger partial charge in [0.25, 0.3) is 11.8 Å². The summed E-state index contributed by atoms with van der Waals surface area (Å²) in [5, 5.41) is 4.45. The summed E-state index contributed by atoms with van der Waals surface area (Å²) in [5.41, 5.74) is 9.82. The molecule has 11 nitrogen and oxygen atoms in total. The minimum atomic E-state index is -1.31. The maximum atomic E-state index is 16.3. The van der Waals surface area contributed by atoms with Crippen molar-refractivity contribution in [1.82, 2.24) is 20.0 Å². The van der Waals surface area contributed by atoms with Gasteiger partial charge in [0.1, 0.15) is 11.4 Å². The van der Waals surface area contributed by atoms with Gasteiger partial charge in [0, 0.05) is 99.8 Å². The Kier molecular flexibility index (Phi) is 13.1. The van der Waals surface area contributed by atoms with Gasteiger partial charge in [0.2, 0.25) is 11.8 Å². The number of alkyl halides is 1. The third-order valence-electron chi connectivity index (χ3n) is 13.8. The molecule has 4 aromatic rings. The lowest BCUT2D eigenvalue weighted by molar-refractivity contribution is -0.140. The predicted octanol–water partition coefficient (Wildman–Crippen LogP) is 7.06. The van der Waals surface area contributed by atoms with Gasteiger partial charge in [-0.25, -0.2) is 4.39 Å². The third-order valence-corrected chi connectivity index (χ3v) is 13.8. The van der Waals surface area contributed by atoms with Crippen LogP contribution in [0.5, 0.6) is 5.75 Å². The number of likely N-dealkylation sites (tertiary alicyclic amines) is 2. The summed E-state index contributed by atoms with van der Waals surface area (Å²) >= 11 is 0. The highest BCUT2D eigenvalue weighted by Crippen LogP contribution is 2.34. The molecule has 4 saturated heterocycles. The van der Waals surface area contributed by atoms with E-state index in [1.54, 1.807) is 11.0 Å². The zero-order chi connectivity index (χ0) is 44.3. The molecule has 4 amide bonds. The normalized spacial score (nSPS) is 20.4. The van der Waals surface area contributed by atoms with Crippen LogP contribution in [0.1, 0.15) is 91.4 Å². The van der Waals surface area contributed by atoms with E-state index in [9.17, 15) is 19.2 Å². The molecule has 0 spiro atoms. The number of amides is 4. The van der Waals surface area contributed by atoms with Crippen LogP contribution in [0.25, 0.3) is 10.8 Å². The number of nitrogen functional groups attached to an aromatic ring is 1.